The monoisotopic (exact) mass is 343 g/mol. The number of rotatable bonds is 8. The number of benzene rings is 1. The standard InChI is InChI=1S/C15H18FNO3S2/c1-20-7-6-17(10-14-5-8-21-11-14)22(18,19)12-13-3-2-4-15(16)9-13/h2-5,8-9,11H,6-7,10,12H2,1H3. The first kappa shape index (κ1) is 17.1. The van der Waals surface area contributed by atoms with Gasteiger partial charge >= 0.3 is 0 Å². The van der Waals surface area contributed by atoms with Crippen LogP contribution in [0.15, 0.2) is 41.1 Å². The summed E-state index contributed by atoms with van der Waals surface area (Å²) in [6, 6.07) is 7.56. The third kappa shape index (κ3) is 4.88. The molecular weight excluding hydrogens is 325 g/mol. The van der Waals surface area contributed by atoms with Crippen LogP contribution in [-0.2, 0) is 27.1 Å². The molecule has 1 aromatic carbocycles. The van der Waals surface area contributed by atoms with Crippen molar-refractivity contribution >= 4 is 21.4 Å². The molecule has 0 radical (unpaired) electrons. The summed E-state index contributed by atoms with van der Waals surface area (Å²) in [4.78, 5) is 0. The lowest BCUT2D eigenvalue weighted by Gasteiger charge is -2.21. The maximum Gasteiger partial charge on any atom is 0.218 e. The van der Waals surface area contributed by atoms with Crippen LogP contribution in [0.3, 0.4) is 0 Å². The summed E-state index contributed by atoms with van der Waals surface area (Å²) >= 11 is 1.52. The molecule has 7 heteroatoms. The molecule has 0 amide bonds. The topological polar surface area (TPSA) is 46.6 Å². The molecule has 0 aliphatic heterocycles. The van der Waals surface area contributed by atoms with Gasteiger partial charge in [-0.25, -0.2) is 12.8 Å². The fourth-order valence-electron chi connectivity index (χ4n) is 2.02. The van der Waals surface area contributed by atoms with Gasteiger partial charge in [0.15, 0.2) is 0 Å². The third-order valence-electron chi connectivity index (χ3n) is 3.12. The van der Waals surface area contributed by atoms with E-state index in [2.05, 4.69) is 0 Å². The number of hydrogen-bond donors (Lipinski definition) is 0. The maximum absolute atomic E-state index is 13.2. The summed E-state index contributed by atoms with van der Waals surface area (Å²) in [6.45, 7) is 0.876. The van der Waals surface area contributed by atoms with E-state index < -0.39 is 15.8 Å². The van der Waals surface area contributed by atoms with Crippen molar-refractivity contribution in [2.45, 2.75) is 12.3 Å². The molecule has 2 rings (SSSR count). The van der Waals surface area contributed by atoms with Crippen LogP contribution >= 0.6 is 11.3 Å². The van der Waals surface area contributed by atoms with Gasteiger partial charge in [-0.3, -0.25) is 0 Å². The lowest BCUT2D eigenvalue weighted by atomic mass is 10.2. The molecule has 22 heavy (non-hydrogen) atoms. The summed E-state index contributed by atoms with van der Waals surface area (Å²) in [5, 5.41) is 3.82. The number of methoxy groups -OCH3 is 1. The molecule has 0 unspecified atom stereocenters. The molecule has 2 aromatic rings. The van der Waals surface area contributed by atoms with Crippen LogP contribution in [0, 0.1) is 5.82 Å². The number of halogens is 1. The second-order valence-corrected chi connectivity index (χ2v) is 7.59. The van der Waals surface area contributed by atoms with Gasteiger partial charge in [0.2, 0.25) is 10.0 Å². The van der Waals surface area contributed by atoms with Gasteiger partial charge in [0.25, 0.3) is 0 Å². The van der Waals surface area contributed by atoms with Crippen molar-refractivity contribution in [1.82, 2.24) is 4.31 Å². The van der Waals surface area contributed by atoms with E-state index in [0.717, 1.165) is 5.56 Å². The highest BCUT2D eigenvalue weighted by atomic mass is 32.2. The van der Waals surface area contributed by atoms with Crippen molar-refractivity contribution in [1.29, 1.82) is 0 Å². The van der Waals surface area contributed by atoms with E-state index in [1.807, 2.05) is 16.8 Å². The molecular formula is C15H18FNO3S2. The predicted molar refractivity (Wildman–Crippen MR) is 85.6 cm³/mol. The lowest BCUT2D eigenvalue weighted by molar-refractivity contribution is 0.177. The van der Waals surface area contributed by atoms with Crippen molar-refractivity contribution in [2.75, 3.05) is 20.3 Å². The lowest BCUT2D eigenvalue weighted by Crippen LogP contribution is -2.34. The Morgan fingerprint density at radius 2 is 2.09 bits per heavy atom. The van der Waals surface area contributed by atoms with E-state index in [1.54, 1.807) is 6.07 Å². The minimum atomic E-state index is -3.55. The number of hydrogen-bond acceptors (Lipinski definition) is 4. The van der Waals surface area contributed by atoms with Crippen LogP contribution in [0.1, 0.15) is 11.1 Å². The first-order valence-electron chi connectivity index (χ1n) is 6.73. The fourth-order valence-corrected chi connectivity index (χ4v) is 4.17. The molecule has 0 atom stereocenters. The van der Waals surface area contributed by atoms with Crippen LogP contribution in [0.2, 0.25) is 0 Å². The Balaban J connectivity index is 2.16. The van der Waals surface area contributed by atoms with Crippen molar-refractivity contribution in [2.24, 2.45) is 0 Å². The normalized spacial score (nSPS) is 12.0. The highest BCUT2D eigenvalue weighted by Crippen LogP contribution is 2.16. The maximum atomic E-state index is 13.2. The molecule has 4 nitrogen and oxygen atoms in total. The van der Waals surface area contributed by atoms with Crippen LogP contribution in [0.25, 0.3) is 0 Å². The van der Waals surface area contributed by atoms with E-state index in [-0.39, 0.29) is 12.3 Å². The minimum absolute atomic E-state index is 0.224. The second kappa shape index (κ2) is 7.82. The molecule has 1 aromatic heterocycles. The first-order chi connectivity index (χ1) is 10.5. The summed E-state index contributed by atoms with van der Waals surface area (Å²) in [7, 11) is -2.02. The van der Waals surface area contributed by atoms with Crippen LogP contribution < -0.4 is 0 Å². The van der Waals surface area contributed by atoms with Gasteiger partial charge in [0.1, 0.15) is 5.82 Å². The summed E-state index contributed by atoms with van der Waals surface area (Å²) < 4.78 is 44.8. The quantitative estimate of drug-likeness (QED) is 0.740. The van der Waals surface area contributed by atoms with Gasteiger partial charge < -0.3 is 4.74 Å². The van der Waals surface area contributed by atoms with Gasteiger partial charge in [-0.15, -0.1) is 0 Å². The van der Waals surface area contributed by atoms with Gasteiger partial charge in [-0.1, -0.05) is 12.1 Å². The summed E-state index contributed by atoms with van der Waals surface area (Å²) in [5.41, 5.74) is 1.37. The Bertz CT molecular complexity index is 687. The molecule has 120 valence electrons. The van der Waals surface area contributed by atoms with E-state index in [4.69, 9.17) is 4.74 Å². The number of thiophene rings is 1. The van der Waals surface area contributed by atoms with Crippen molar-refractivity contribution in [3.63, 3.8) is 0 Å². The zero-order valence-electron chi connectivity index (χ0n) is 12.2. The van der Waals surface area contributed by atoms with Gasteiger partial charge in [-0.2, -0.15) is 15.6 Å². The SMILES string of the molecule is COCCN(Cc1ccsc1)S(=O)(=O)Cc1cccc(F)c1. The third-order valence-corrected chi connectivity index (χ3v) is 5.64. The molecule has 0 spiro atoms. The van der Waals surface area contributed by atoms with Gasteiger partial charge in [-0.05, 0) is 40.1 Å². The van der Waals surface area contributed by atoms with E-state index in [9.17, 15) is 12.8 Å². The Morgan fingerprint density at radius 1 is 1.27 bits per heavy atom. The first-order valence-corrected chi connectivity index (χ1v) is 9.29. The molecule has 0 saturated carbocycles. The van der Waals surface area contributed by atoms with Crippen molar-refractivity contribution in [3.8, 4) is 0 Å². The average Bonchev–Trinajstić information content (AvgIpc) is 2.95. The molecule has 0 fully saturated rings. The molecule has 0 N–H and O–H groups in total. The molecule has 0 saturated heterocycles. The Morgan fingerprint density at radius 3 is 2.73 bits per heavy atom. The smallest absolute Gasteiger partial charge is 0.218 e. The zero-order valence-corrected chi connectivity index (χ0v) is 13.9. The van der Waals surface area contributed by atoms with Gasteiger partial charge in [0.05, 0.1) is 12.4 Å². The molecule has 0 aliphatic rings. The van der Waals surface area contributed by atoms with Crippen LogP contribution in [0.4, 0.5) is 4.39 Å². The summed E-state index contributed by atoms with van der Waals surface area (Å²) in [5.74, 6) is -0.660. The van der Waals surface area contributed by atoms with Gasteiger partial charge in [0, 0.05) is 20.2 Å². The zero-order chi connectivity index (χ0) is 16.0. The van der Waals surface area contributed by atoms with Crippen LogP contribution in [0.5, 0.6) is 0 Å². The number of ether oxygens (including phenoxy) is 1. The average molecular weight is 343 g/mol. The number of nitrogens with zero attached hydrogens (tertiary/aromatic N) is 1. The van der Waals surface area contributed by atoms with Crippen molar-refractivity contribution in [3.05, 3.63) is 58.0 Å². The largest absolute Gasteiger partial charge is 0.383 e. The fraction of sp³-hybridized carbons (Fsp3) is 0.333. The molecule has 1 heterocycles. The number of sulfonamides is 1. The Labute approximate surface area is 134 Å². The van der Waals surface area contributed by atoms with E-state index >= 15 is 0 Å². The highest BCUT2D eigenvalue weighted by molar-refractivity contribution is 7.88. The molecule has 0 bridgehead atoms. The minimum Gasteiger partial charge on any atom is -0.383 e. The summed E-state index contributed by atoms with van der Waals surface area (Å²) in [6.07, 6.45) is 0. The molecule has 0 aliphatic carbocycles. The highest BCUT2D eigenvalue weighted by Gasteiger charge is 2.23. The Hall–Kier alpha value is -1.28. The van der Waals surface area contributed by atoms with Crippen LogP contribution in [-0.4, -0.2) is 33.0 Å². The van der Waals surface area contributed by atoms with Crippen molar-refractivity contribution < 1.29 is 17.5 Å². The second-order valence-electron chi connectivity index (χ2n) is 4.84. The predicted octanol–water partition coefficient (Wildman–Crippen LogP) is 2.87. The van der Waals surface area contributed by atoms with E-state index in [0.29, 0.717) is 18.7 Å². The Kier molecular flexibility index (Phi) is 6.07. The van der Waals surface area contributed by atoms with E-state index in [1.165, 1.54) is 41.0 Å².